The quantitative estimate of drug-likeness (QED) is 0.220. The number of benzene rings is 3. The van der Waals surface area contributed by atoms with E-state index in [9.17, 15) is 4.79 Å². The highest BCUT2D eigenvalue weighted by molar-refractivity contribution is 5.91. The zero-order valence-electron chi connectivity index (χ0n) is 20.3. The third kappa shape index (κ3) is 6.79. The lowest BCUT2D eigenvalue weighted by Gasteiger charge is -2.14. The second-order valence-corrected chi connectivity index (χ2v) is 8.56. The molecule has 0 aliphatic rings. The zero-order valence-corrected chi connectivity index (χ0v) is 20.3. The van der Waals surface area contributed by atoms with Gasteiger partial charge in [0.05, 0.1) is 11.7 Å². The van der Waals surface area contributed by atoms with Gasteiger partial charge in [0.2, 0.25) is 0 Å². The monoisotopic (exact) mass is 444 g/mol. The van der Waals surface area contributed by atoms with Crippen LogP contribution in [0.5, 0.6) is 5.75 Å². The minimum Gasteiger partial charge on any atom is -0.423 e. The summed E-state index contributed by atoms with van der Waals surface area (Å²) in [5.74, 6) is 0.801. The van der Waals surface area contributed by atoms with Gasteiger partial charge in [0.25, 0.3) is 0 Å². The summed E-state index contributed by atoms with van der Waals surface area (Å²) in [6.07, 6.45) is 4.57. The van der Waals surface area contributed by atoms with Crippen molar-refractivity contribution >= 4 is 5.97 Å². The van der Waals surface area contributed by atoms with Gasteiger partial charge in [0, 0.05) is 6.61 Å². The lowest BCUT2D eigenvalue weighted by molar-refractivity contribution is 0.0662. The number of esters is 1. The van der Waals surface area contributed by atoms with Crippen molar-refractivity contribution in [1.29, 1.82) is 0 Å². The van der Waals surface area contributed by atoms with Crippen molar-refractivity contribution in [3.8, 4) is 16.9 Å². The first-order valence-corrected chi connectivity index (χ1v) is 12.2. The summed E-state index contributed by atoms with van der Waals surface area (Å²) in [6.45, 7) is 9.38. The van der Waals surface area contributed by atoms with E-state index >= 15 is 0 Å². The molecular formula is C30H36O3. The predicted octanol–water partition coefficient (Wildman–Crippen LogP) is 8.35. The fraction of sp³-hybridized carbons (Fsp3) is 0.367. The average molecular weight is 445 g/mol. The van der Waals surface area contributed by atoms with E-state index in [0.29, 0.717) is 17.2 Å². The van der Waals surface area contributed by atoms with Crippen LogP contribution in [0.15, 0.2) is 72.8 Å². The van der Waals surface area contributed by atoms with Crippen LogP contribution in [0, 0.1) is 0 Å². The maximum atomic E-state index is 12.6. The standard InChI is InChI=1S/C30H36O3/c1-5-8-23(7-3)25-17-19-29(20-18-25)33-30(31)28-15-13-27(14-16-28)26-11-9-24(10-12-26)22(4)32-21-6-2/h9-20,22-23H,5-8,21H2,1-4H3. The molecule has 2 atom stereocenters. The molecule has 3 nitrogen and oxygen atoms in total. The van der Waals surface area contributed by atoms with Gasteiger partial charge in [-0.25, -0.2) is 4.79 Å². The van der Waals surface area contributed by atoms with Gasteiger partial charge in [0.1, 0.15) is 5.75 Å². The van der Waals surface area contributed by atoms with Crippen molar-refractivity contribution in [2.45, 2.75) is 65.4 Å². The molecule has 0 spiro atoms. The Hall–Kier alpha value is -2.91. The highest BCUT2D eigenvalue weighted by atomic mass is 16.5. The molecule has 3 aromatic rings. The van der Waals surface area contributed by atoms with Crippen molar-refractivity contribution in [3.05, 3.63) is 89.5 Å². The van der Waals surface area contributed by atoms with Gasteiger partial charge in [-0.3, -0.25) is 0 Å². The van der Waals surface area contributed by atoms with Crippen molar-refractivity contribution in [2.75, 3.05) is 6.61 Å². The Kier molecular flexibility index (Phi) is 9.26. The molecule has 0 aliphatic heterocycles. The third-order valence-corrected chi connectivity index (χ3v) is 6.10. The number of carbonyl (C=O) groups excluding carboxylic acids is 1. The Bertz CT molecular complexity index is 988. The van der Waals surface area contributed by atoms with Gasteiger partial charge in [-0.15, -0.1) is 0 Å². The number of rotatable bonds is 11. The Morgan fingerprint density at radius 1 is 0.758 bits per heavy atom. The largest absolute Gasteiger partial charge is 0.423 e. The molecule has 2 unspecified atom stereocenters. The Morgan fingerprint density at radius 3 is 1.88 bits per heavy atom. The van der Waals surface area contributed by atoms with Gasteiger partial charge >= 0.3 is 5.97 Å². The molecule has 0 aliphatic carbocycles. The second kappa shape index (κ2) is 12.4. The Labute approximate surface area is 198 Å². The number of carbonyl (C=O) groups is 1. The minimum absolute atomic E-state index is 0.0877. The van der Waals surface area contributed by atoms with E-state index in [1.807, 2.05) is 36.4 Å². The summed E-state index contributed by atoms with van der Waals surface area (Å²) in [4.78, 5) is 12.6. The molecule has 3 heteroatoms. The molecule has 0 amide bonds. The van der Waals surface area contributed by atoms with Crippen LogP contribution in [0.2, 0.25) is 0 Å². The van der Waals surface area contributed by atoms with Crippen molar-refractivity contribution in [3.63, 3.8) is 0 Å². The van der Waals surface area contributed by atoms with Gasteiger partial charge in [-0.1, -0.05) is 75.7 Å². The van der Waals surface area contributed by atoms with Gasteiger partial charge in [-0.05, 0) is 78.6 Å². The van der Waals surface area contributed by atoms with Gasteiger partial charge in [-0.2, -0.15) is 0 Å². The highest BCUT2D eigenvalue weighted by Gasteiger charge is 2.12. The van der Waals surface area contributed by atoms with Crippen LogP contribution in [0.1, 0.15) is 86.9 Å². The molecule has 0 saturated carbocycles. The van der Waals surface area contributed by atoms with Gasteiger partial charge < -0.3 is 9.47 Å². The highest BCUT2D eigenvalue weighted by Crippen LogP contribution is 2.27. The summed E-state index contributed by atoms with van der Waals surface area (Å²) in [6, 6.07) is 23.9. The van der Waals surface area contributed by atoms with E-state index in [4.69, 9.17) is 9.47 Å². The molecule has 0 N–H and O–H groups in total. The fourth-order valence-corrected chi connectivity index (χ4v) is 4.07. The lowest BCUT2D eigenvalue weighted by atomic mass is 9.92. The number of ether oxygens (including phenoxy) is 2. The molecule has 3 rings (SSSR count). The SMILES string of the molecule is CCCOC(C)c1ccc(-c2ccc(C(=O)Oc3ccc(C(CC)CCC)cc3)cc2)cc1. The third-order valence-electron chi connectivity index (χ3n) is 6.10. The number of hydrogen-bond acceptors (Lipinski definition) is 3. The van der Waals surface area contributed by atoms with Crippen LogP contribution in [0.3, 0.4) is 0 Å². The first-order chi connectivity index (χ1) is 16.0. The molecule has 0 bridgehead atoms. The molecule has 0 fully saturated rings. The van der Waals surface area contributed by atoms with Crippen molar-refractivity contribution in [1.82, 2.24) is 0 Å². The maximum Gasteiger partial charge on any atom is 0.343 e. The first-order valence-electron chi connectivity index (χ1n) is 12.2. The molecule has 0 heterocycles. The topological polar surface area (TPSA) is 35.5 Å². The molecule has 3 aromatic carbocycles. The van der Waals surface area contributed by atoms with Crippen LogP contribution in [-0.2, 0) is 4.74 Å². The maximum absolute atomic E-state index is 12.6. The van der Waals surface area contributed by atoms with Crippen LogP contribution in [0.4, 0.5) is 0 Å². The minimum atomic E-state index is -0.341. The van der Waals surface area contributed by atoms with Crippen LogP contribution in [0.25, 0.3) is 11.1 Å². The van der Waals surface area contributed by atoms with E-state index in [2.05, 4.69) is 64.1 Å². The van der Waals surface area contributed by atoms with Crippen LogP contribution < -0.4 is 4.74 Å². The number of hydrogen-bond donors (Lipinski definition) is 0. The predicted molar refractivity (Wildman–Crippen MR) is 136 cm³/mol. The molecule has 0 saturated heterocycles. The van der Waals surface area contributed by atoms with E-state index in [-0.39, 0.29) is 12.1 Å². The van der Waals surface area contributed by atoms with E-state index in [1.165, 1.54) is 24.0 Å². The second-order valence-electron chi connectivity index (χ2n) is 8.56. The van der Waals surface area contributed by atoms with Crippen LogP contribution in [-0.4, -0.2) is 12.6 Å². The average Bonchev–Trinajstić information content (AvgIpc) is 2.86. The summed E-state index contributed by atoms with van der Waals surface area (Å²) >= 11 is 0. The van der Waals surface area contributed by atoms with E-state index in [1.54, 1.807) is 0 Å². The summed E-state index contributed by atoms with van der Waals surface area (Å²) < 4.78 is 11.4. The molecule has 0 aromatic heterocycles. The van der Waals surface area contributed by atoms with Crippen molar-refractivity contribution < 1.29 is 14.3 Å². The summed E-state index contributed by atoms with van der Waals surface area (Å²) in [5.41, 5.74) is 5.18. The summed E-state index contributed by atoms with van der Waals surface area (Å²) in [7, 11) is 0. The summed E-state index contributed by atoms with van der Waals surface area (Å²) in [5, 5.41) is 0. The molecule has 0 radical (unpaired) electrons. The first kappa shape index (κ1) is 24.7. The van der Waals surface area contributed by atoms with E-state index in [0.717, 1.165) is 30.6 Å². The molecule has 33 heavy (non-hydrogen) atoms. The van der Waals surface area contributed by atoms with Crippen molar-refractivity contribution in [2.24, 2.45) is 0 Å². The Morgan fingerprint density at radius 2 is 1.33 bits per heavy atom. The van der Waals surface area contributed by atoms with Gasteiger partial charge in [0.15, 0.2) is 0 Å². The Balaban J connectivity index is 1.62. The lowest BCUT2D eigenvalue weighted by Crippen LogP contribution is -2.08. The smallest absolute Gasteiger partial charge is 0.343 e. The van der Waals surface area contributed by atoms with Crippen LogP contribution >= 0.6 is 0 Å². The molecule has 174 valence electrons. The van der Waals surface area contributed by atoms with E-state index < -0.39 is 0 Å². The molecular weight excluding hydrogens is 408 g/mol. The normalized spacial score (nSPS) is 12.8. The zero-order chi connectivity index (χ0) is 23.6. The fourth-order valence-electron chi connectivity index (χ4n) is 4.07.